The zero-order chi connectivity index (χ0) is 27.0. The first-order chi connectivity index (χ1) is 17.0. The lowest BCUT2D eigenvalue weighted by molar-refractivity contribution is -0.384. The molecule has 13 heteroatoms. The molecule has 0 spiro atoms. The first-order valence-corrected chi connectivity index (χ1v) is 10.9. The number of rotatable bonds is 11. The molecule has 0 bridgehead atoms. The van der Waals surface area contributed by atoms with E-state index < -0.39 is 47.8 Å². The van der Waals surface area contributed by atoms with Crippen LogP contribution in [0.3, 0.4) is 0 Å². The van der Waals surface area contributed by atoms with E-state index in [-0.39, 0.29) is 41.4 Å². The molecule has 0 saturated heterocycles. The van der Waals surface area contributed by atoms with Gasteiger partial charge in [-0.2, -0.15) is 0 Å². The first kappa shape index (κ1) is 27.8. The summed E-state index contributed by atoms with van der Waals surface area (Å²) in [6.45, 7) is 5.17. The van der Waals surface area contributed by atoms with Gasteiger partial charge in [-0.15, -0.1) is 0 Å². The van der Waals surface area contributed by atoms with Crippen LogP contribution in [0.4, 0.5) is 5.69 Å². The highest BCUT2D eigenvalue weighted by atomic mass is 16.6. The van der Waals surface area contributed by atoms with E-state index in [0.717, 1.165) is 12.1 Å². The number of amides is 1. The summed E-state index contributed by atoms with van der Waals surface area (Å²) >= 11 is 0. The van der Waals surface area contributed by atoms with Crippen LogP contribution in [0.2, 0.25) is 0 Å². The second kappa shape index (κ2) is 12.3. The van der Waals surface area contributed by atoms with Crippen LogP contribution in [0.1, 0.15) is 39.2 Å². The Bertz CT molecular complexity index is 1100. The van der Waals surface area contributed by atoms with Gasteiger partial charge >= 0.3 is 17.9 Å². The zero-order valence-corrected chi connectivity index (χ0v) is 20.2. The number of esters is 2. The molecule has 0 aliphatic carbocycles. The third-order valence-electron chi connectivity index (χ3n) is 5.06. The van der Waals surface area contributed by atoms with Gasteiger partial charge in [-0.05, 0) is 33.8 Å². The molecular formula is C23H27N3O10. The Hall–Kier alpha value is -4.42. The van der Waals surface area contributed by atoms with E-state index in [2.05, 4.69) is 10.6 Å². The highest BCUT2D eigenvalue weighted by Crippen LogP contribution is 2.44. The standard InChI is InChI=1S/C23H27N3O10/c1-5-34-22(30)19-12(3)25-13(4)20(23(31)35-6-2)21(19)15-9-14(26(32)33)7-8-16(15)36-11-17(27)24-10-18(28)29/h7-9,21,25H,5-6,10-11H2,1-4H3,(H,24,27)(H,28,29). The van der Waals surface area contributed by atoms with Crippen molar-refractivity contribution in [3.63, 3.8) is 0 Å². The van der Waals surface area contributed by atoms with Crippen LogP contribution < -0.4 is 15.4 Å². The molecule has 1 aliphatic rings. The summed E-state index contributed by atoms with van der Waals surface area (Å²) in [6.07, 6.45) is 0. The van der Waals surface area contributed by atoms with Gasteiger partial charge in [-0.1, -0.05) is 0 Å². The molecule has 0 fully saturated rings. The Morgan fingerprint density at radius 1 is 1.06 bits per heavy atom. The highest BCUT2D eigenvalue weighted by Gasteiger charge is 2.40. The van der Waals surface area contributed by atoms with Crippen LogP contribution in [0, 0.1) is 10.1 Å². The average molecular weight is 505 g/mol. The van der Waals surface area contributed by atoms with E-state index >= 15 is 0 Å². The van der Waals surface area contributed by atoms with Crippen molar-refractivity contribution in [1.29, 1.82) is 0 Å². The Labute approximate surface area is 206 Å². The summed E-state index contributed by atoms with van der Waals surface area (Å²) in [5.74, 6) is -4.78. The third kappa shape index (κ3) is 6.58. The molecule has 1 aromatic rings. The fraction of sp³-hybridized carbons (Fsp3) is 0.391. The number of carbonyl (C=O) groups is 4. The smallest absolute Gasteiger partial charge is 0.336 e. The molecule has 13 nitrogen and oxygen atoms in total. The van der Waals surface area contributed by atoms with Gasteiger partial charge in [0.15, 0.2) is 6.61 Å². The lowest BCUT2D eigenvalue weighted by Crippen LogP contribution is -2.34. The number of carboxylic acids is 1. The molecule has 3 N–H and O–H groups in total. The summed E-state index contributed by atoms with van der Waals surface area (Å²) in [7, 11) is 0. The molecule has 1 amide bonds. The van der Waals surface area contributed by atoms with E-state index in [1.54, 1.807) is 27.7 Å². The topological polar surface area (TPSA) is 183 Å². The van der Waals surface area contributed by atoms with E-state index in [1.165, 1.54) is 6.07 Å². The van der Waals surface area contributed by atoms with Crippen molar-refractivity contribution in [2.45, 2.75) is 33.6 Å². The molecule has 0 saturated carbocycles. The van der Waals surface area contributed by atoms with E-state index in [0.29, 0.717) is 11.4 Å². The number of dihydropyridines is 1. The number of nitrogens with zero attached hydrogens (tertiary/aromatic N) is 1. The van der Waals surface area contributed by atoms with E-state index in [1.807, 2.05) is 0 Å². The van der Waals surface area contributed by atoms with Crippen molar-refractivity contribution in [2.24, 2.45) is 0 Å². The number of non-ortho nitro benzene ring substituents is 1. The molecule has 36 heavy (non-hydrogen) atoms. The minimum absolute atomic E-state index is 0.00572. The zero-order valence-electron chi connectivity index (χ0n) is 20.2. The predicted molar refractivity (Wildman–Crippen MR) is 124 cm³/mol. The number of carboxylic acid groups (broad SMARTS) is 1. The van der Waals surface area contributed by atoms with Gasteiger partial charge in [0.05, 0.1) is 35.2 Å². The van der Waals surface area contributed by atoms with Crippen LogP contribution in [-0.2, 0) is 28.7 Å². The first-order valence-electron chi connectivity index (χ1n) is 10.9. The highest BCUT2D eigenvalue weighted by molar-refractivity contribution is 6.00. The Morgan fingerprint density at radius 3 is 2.08 bits per heavy atom. The number of nitrogens with one attached hydrogen (secondary N) is 2. The minimum Gasteiger partial charge on any atom is -0.483 e. The molecular weight excluding hydrogens is 478 g/mol. The quantitative estimate of drug-likeness (QED) is 0.225. The summed E-state index contributed by atoms with van der Waals surface area (Å²) in [5.41, 5.74) is 0.396. The maximum absolute atomic E-state index is 13.0. The molecule has 194 valence electrons. The van der Waals surface area contributed by atoms with Gasteiger partial charge in [0, 0.05) is 29.1 Å². The number of nitro benzene ring substituents is 1. The Kier molecular flexibility index (Phi) is 9.53. The third-order valence-corrected chi connectivity index (χ3v) is 5.06. The minimum atomic E-state index is -1.26. The molecule has 1 heterocycles. The molecule has 2 rings (SSSR count). The van der Waals surface area contributed by atoms with Gasteiger partial charge < -0.3 is 30.0 Å². The van der Waals surface area contributed by atoms with Crippen LogP contribution in [-0.4, -0.2) is 60.2 Å². The number of hydrogen-bond acceptors (Lipinski definition) is 10. The molecule has 0 unspecified atom stereocenters. The second-order valence-corrected chi connectivity index (χ2v) is 7.51. The number of benzene rings is 1. The predicted octanol–water partition coefficient (Wildman–Crippen LogP) is 1.54. The lowest BCUT2D eigenvalue weighted by Gasteiger charge is -2.31. The van der Waals surface area contributed by atoms with Crippen molar-refractivity contribution in [1.82, 2.24) is 10.6 Å². The van der Waals surface area contributed by atoms with Gasteiger partial charge in [0.25, 0.3) is 11.6 Å². The van der Waals surface area contributed by atoms with Crippen molar-refractivity contribution < 1.29 is 43.4 Å². The average Bonchev–Trinajstić information content (AvgIpc) is 2.80. The number of carbonyl (C=O) groups excluding carboxylic acids is 3. The number of allylic oxidation sites excluding steroid dienone is 2. The fourth-order valence-electron chi connectivity index (χ4n) is 3.64. The molecule has 1 aliphatic heterocycles. The van der Waals surface area contributed by atoms with Gasteiger partial charge in [-0.25, -0.2) is 9.59 Å². The fourth-order valence-corrected chi connectivity index (χ4v) is 3.64. The summed E-state index contributed by atoms with van der Waals surface area (Å²) in [5, 5.41) is 25.4. The van der Waals surface area contributed by atoms with Gasteiger partial charge in [0.1, 0.15) is 12.3 Å². The SMILES string of the molecule is CCOC(=O)C1=C(C)NC(C)=C(C(=O)OCC)C1c1cc([N+](=O)[O-])ccc1OCC(=O)NCC(=O)O. The summed E-state index contributed by atoms with van der Waals surface area (Å²) in [4.78, 5) is 59.6. The van der Waals surface area contributed by atoms with Crippen molar-refractivity contribution >= 4 is 29.5 Å². The summed E-state index contributed by atoms with van der Waals surface area (Å²) < 4.78 is 16.0. The molecule has 0 aromatic heterocycles. The van der Waals surface area contributed by atoms with E-state index in [4.69, 9.17) is 19.3 Å². The Balaban J connectivity index is 2.69. The number of ether oxygens (including phenoxy) is 3. The van der Waals surface area contributed by atoms with Crippen LogP contribution in [0.25, 0.3) is 0 Å². The Morgan fingerprint density at radius 2 is 1.61 bits per heavy atom. The van der Waals surface area contributed by atoms with Crippen molar-refractivity contribution in [3.05, 3.63) is 56.4 Å². The van der Waals surface area contributed by atoms with Gasteiger partial charge in [-0.3, -0.25) is 19.7 Å². The van der Waals surface area contributed by atoms with Gasteiger partial charge in [0.2, 0.25) is 0 Å². The molecule has 0 atom stereocenters. The summed E-state index contributed by atoms with van der Waals surface area (Å²) in [6, 6.07) is 3.51. The van der Waals surface area contributed by atoms with Crippen LogP contribution in [0.5, 0.6) is 5.75 Å². The monoisotopic (exact) mass is 505 g/mol. The largest absolute Gasteiger partial charge is 0.483 e. The molecule has 0 radical (unpaired) electrons. The number of aliphatic carboxylic acids is 1. The molecule has 1 aromatic carbocycles. The van der Waals surface area contributed by atoms with Crippen LogP contribution in [0.15, 0.2) is 40.7 Å². The maximum atomic E-state index is 13.0. The van der Waals surface area contributed by atoms with Crippen molar-refractivity contribution in [2.75, 3.05) is 26.4 Å². The lowest BCUT2D eigenvalue weighted by atomic mass is 9.79. The van der Waals surface area contributed by atoms with E-state index in [9.17, 15) is 29.3 Å². The normalized spacial score (nSPS) is 13.6. The van der Waals surface area contributed by atoms with Crippen molar-refractivity contribution in [3.8, 4) is 5.75 Å². The maximum Gasteiger partial charge on any atom is 0.336 e. The van der Waals surface area contributed by atoms with Crippen LogP contribution >= 0.6 is 0 Å². The number of hydrogen-bond donors (Lipinski definition) is 3. The second-order valence-electron chi connectivity index (χ2n) is 7.51. The number of nitro groups is 1.